The summed E-state index contributed by atoms with van der Waals surface area (Å²) in [4.78, 5) is 15.5. The minimum absolute atomic E-state index is 0.0462. The van der Waals surface area contributed by atoms with Gasteiger partial charge >= 0.3 is 0 Å². The van der Waals surface area contributed by atoms with Crippen molar-refractivity contribution in [3.8, 4) is 0 Å². The number of nitrogens with zero attached hydrogens (tertiary/aromatic N) is 2. The van der Waals surface area contributed by atoms with E-state index in [1.807, 2.05) is 53.6 Å². The molecule has 1 unspecified atom stereocenters. The molecule has 1 aliphatic rings. The summed E-state index contributed by atoms with van der Waals surface area (Å²) in [6.07, 6.45) is 3.49. The van der Waals surface area contributed by atoms with Crippen molar-refractivity contribution in [1.82, 2.24) is 9.47 Å². The van der Waals surface area contributed by atoms with Gasteiger partial charge in [-0.25, -0.2) is 4.39 Å². The highest BCUT2D eigenvalue weighted by Gasteiger charge is 2.28. The van der Waals surface area contributed by atoms with Crippen molar-refractivity contribution in [3.05, 3.63) is 107 Å². The largest absolute Gasteiger partial charge is 0.339 e. The fourth-order valence-corrected chi connectivity index (χ4v) is 5.18. The maximum absolute atomic E-state index is 14.5. The quantitative estimate of drug-likeness (QED) is 0.409. The minimum Gasteiger partial charge on any atom is -0.339 e. The normalized spacial score (nSPS) is 15.6. The predicted molar refractivity (Wildman–Crippen MR) is 134 cm³/mol. The number of aromatic nitrogens is 1. The van der Waals surface area contributed by atoms with E-state index in [4.69, 9.17) is 5.73 Å². The van der Waals surface area contributed by atoms with Crippen LogP contribution in [0.4, 0.5) is 4.39 Å². The highest BCUT2D eigenvalue weighted by Crippen LogP contribution is 2.33. The van der Waals surface area contributed by atoms with Gasteiger partial charge in [0.2, 0.25) is 0 Å². The van der Waals surface area contributed by atoms with Crippen LogP contribution in [0.5, 0.6) is 0 Å². The van der Waals surface area contributed by atoms with Gasteiger partial charge in [0.1, 0.15) is 5.82 Å². The van der Waals surface area contributed by atoms with E-state index in [0.717, 1.165) is 40.4 Å². The number of amides is 1. The number of piperidine rings is 1. The van der Waals surface area contributed by atoms with Crippen LogP contribution in [-0.4, -0.2) is 28.5 Å². The molecule has 0 radical (unpaired) electrons. The van der Waals surface area contributed by atoms with E-state index < -0.39 is 0 Å². The first-order valence-corrected chi connectivity index (χ1v) is 12.0. The van der Waals surface area contributed by atoms with E-state index >= 15 is 0 Å². The summed E-state index contributed by atoms with van der Waals surface area (Å²) in [5.41, 5.74) is 10.4. The molecular weight excluding hydrogens is 425 g/mol. The first-order valence-electron chi connectivity index (χ1n) is 12.0. The Morgan fingerprint density at radius 1 is 1.03 bits per heavy atom. The van der Waals surface area contributed by atoms with Crippen molar-refractivity contribution in [3.63, 3.8) is 0 Å². The average molecular weight is 456 g/mol. The number of rotatable bonds is 5. The Morgan fingerprint density at radius 3 is 2.47 bits per heavy atom. The molecule has 5 heteroatoms. The number of fused-ring (bicyclic) bond motifs is 1. The SMILES string of the molecule is CC(c1ccccc1)n1cc(C(=O)N2CCC(c3cc(CN)ccc3F)CC2)c2ccccc21. The van der Waals surface area contributed by atoms with Crippen LogP contribution in [-0.2, 0) is 6.54 Å². The molecular formula is C29H30FN3O. The van der Waals surface area contributed by atoms with Crippen molar-refractivity contribution in [1.29, 1.82) is 0 Å². The van der Waals surface area contributed by atoms with Gasteiger partial charge in [-0.05, 0) is 54.5 Å². The van der Waals surface area contributed by atoms with Crippen LogP contribution in [0.3, 0.4) is 0 Å². The first kappa shape index (κ1) is 22.4. The Balaban J connectivity index is 1.39. The van der Waals surface area contributed by atoms with Crippen molar-refractivity contribution in [2.75, 3.05) is 13.1 Å². The summed E-state index contributed by atoms with van der Waals surface area (Å²) < 4.78 is 16.7. The molecule has 4 nitrogen and oxygen atoms in total. The lowest BCUT2D eigenvalue weighted by atomic mass is 9.88. The van der Waals surface area contributed by atoms with Crippen LogP contribution < -0.4 is 5.73 Å². The molecule has 174 valence electrons. The van der Waals surface area contributed by atoms with E-state index in [9.17, 15) is 9.18 Å². The minimum atomic E-state index is -0.181. The van der Waals surface area contributed by atoms with Crippen molar-refractivity contribution < 1.29 is 9.18 Å². The third kappa shape index (κ3) is 4.12. The number of likely N-dealkylation sites (tertiary alicyclic amines) is 1. The molecule has 1 fully saturated rings. The topological polar surface area (TPSA) is 51.3 Å². The van der Waals surface area contributed by atoms with Gasteiger partial charge in [-0.15, -0.1) is 0 Å². The highest BCUT2D eigenvalue weighted by atomic mass is 19.1. The van der Waals surface area contributed by atoms with Crippen molar-refractivity contribution in [2.24, 2.45) is 5.73 Å². The smallest absolute Gasteiger partial charge is 0.256 e. The summed E-state index contributed by atoms with van der Waals surface area (Å²) in [6, 6.07) is 23.7. The second-order valence-electron chi connectivity index (χ2n) is 9.18. The number of benzene rings is 3. The Kier molecular flexibility index (Phi) is 6.20. The van der Waals surface area contributed by atoms with E-state index in [1.165, 1.54) is 11.6 Å². The number of hydrogen-bond donors (Lipinski definition) is 1. The first-order chi connectivity index (χ1) is 16.6. The van der Waals surface area contributed by atoms with Gasteiger partial charge in [0.15, 0.2) is 0 Å². The molecule has 1 aliphatic heterocycles. The molecule has 1 aromatic heterocycles. The Hall–Kier alpha value is -3.44. The summed E-state index contributed by atoms with van der Waals surface area (Å²) in [6.45, 7) is 3.79. The van der Waals surface area contributed by atoms with E-state index in [-0.39, 0.29) is 23.7 Å². The van der Waals surface area contributed by atoms with Crippen molar-refractivity contribution in [2.45, 2.75) is 38.3 Å². The standard InChI is InChI=1S/C29H30FN3O/c1-20(22-7-3-2-4-8-22)33-19-26(24-9-5-6-10-28(24)33)29(34)32-15-13-23(14-16-32)25-17-21(18-31)11-12-27(25)30/h2-12,17,19-20,23H,13-16,18,31H2,1H3. The van der Waals surface area contributed by atoms with Crippen LogP contribution >= 0.6 is 0 Å². The molecule has 3 aromatic carbocycles. The average Bonchev–Trinajstić information content (AvgIpc) is 3.28. The highest BCUT2D eigenvalue weighted by molar-refractivity contribution is 6.07. The van der Waals surface area contributed by atoms with E-state index in [1.54, 1.807) is 6.07 Å². The number of nitrogens with two attached hydrogens (primary N) is 1. The molecule has 1 atom stereocenters. The van der Waals surface area contributed by atoms with Gasteiger partial charge < -0.3 is 15.2 Å². The monoisotopic (exact) mass is 455 g/mol. The molecule has 1 amide bonds. The second-order valence-corrected chi connectivity index (χ2v) is 9.18. The zero-order chi connectivity index (χ0) is 23.7. The molecule has 4 aromatic rings. The Bertz CT molecular complexity index is 1310. The van der Waals surface area contributed by atoms with E-state index in [0.29, 0.717) is 19.6 Å². The summed E-state index contributed by atoms with van der Waals surface area (Å²) in [7, 11) is 0. The van der Waals surface area contributed by atoms with Crippen LogP contribution in [0.15, 0.2) is 79.0 Å². The van der Waals surface area contributed by atoms with Gasteiger partial charge in [0.25, 0.3) is 5.91 Å². The molecule has 0 spiro atoms. The molecule has 2 N–H and O–H groups in total. The molecule has 0 aliphatic carbocycles. The number of para-hydroxylation sites is 1. The summed E-state index contributed by atoms with van der Waals surface area (Å²) in [5.74, 6) is -0.0280. The maximum Gasteiger partial charge on any atom is 0.256 e. The lowest BCUT2D eigenvalue weighted by Gasteiger charge is -2.32. The zero-order valence-corrected chi connectivity index (χ0v) is 19.5. The van der Waals surface area contributed by atoms with E-state index in [2.05, 4.69) is 29.7 Å². The van der Waals surface area contributed by atoms with Crippen LogP contribution in [0, 0.1) is 5.82 Å². The van der Waals surface area contributed by atoms with Crippen LogP contribution in [0.1, 0.15) is 58.8 Å². The third-order valence-corrected chi connectivity index (χ3v) is 7.19. The van der Waals surface area contributed by atoms with Gasteiger partial charge in [-0.1, -0.05) is 60.7 Å². The zero-order valence-electron chi connectivity index (χ0n) is 19.5. The molecule has 34 heavy (non-hydrogen) atoms. The number of halogens is 1. The maximum atomic E-state index is 14.5. The molecule has 0 bridgehead atoms. The van der Waals surface area contributed by atoms with Gasteiger partial charge in [-0.3, -0.25) is 4.79 Å². The Labute approximate surface area is 199 Å². The van der Waals surface area contributed by atoms with Gasteiger partial charge in [-0.2, -0.15) is 0 Å². The molecule has 1 saturated heterocycles. The summed E-state index contributed by atoms with van der Waals surface area (Å²) in [5, 5.41) is 0.971. The predicted octanol–water partition coefficient (Wildman–Crippen LogP) is 5.87. The lowest BCUT2D eigenvalue weighted by Crippen LogP contribution is -2.38. The molecule has 2 heterocycles. The molecule has 5 rings (SSSR count). The van der Waals surface area contributed by atoms with Crippen LogP contribution in [0.25, 0.3) is 10.9 Å². The lowest BCUT2D eigenvalue weighted by molar-refractivity contribution is 0.0714. The van der Waals surface area contributed by atoms with Gasteiger partial charge in [0.05, 0.1) is 11.6 Å². The fourth-order valence-electron chi connectivity index (χ4n) is 5.18. The number of hydrogen-bond acceptors (Lipinski definition) is 2. The van der Waals surface area contributed by atoms with Crippen LogP contribution in [0.2, 0.25) is 0 Å². The molecule has 0 saturated carbocycles. The fraction of sp³-hybridized carbons (Fsp3) is 0.276. The Morgan fingerprint density at radius 2 is 1.74 bits per heavy atom. The van der Waals surface area contributed by atoms with Gasteiger partial charge in [0, 0.05) is 36.7 Å². The summed E-state index contributed by atoms with van der Waals surface area (Å²) >= 11 is 0. The number of carbonyl (C=O) groups excluding carboxylic acids is 1. The third-order valence-electron chi connectivity index (χ3n) is 7.19. The van der Waals surface area contributed by atoms with Crippen molar-refractivity contribution >= 4 is 16.8 Å². The second kappa shape index (κ2) is 9.43. The number of carbonyl (C=O) groups is 1.